The molecule has 2 aromatic rings. The lowest BCUT2D eigenvalue weighted by Crippen LogP contribution is -2.50. The molecular weight excluding hydrogens is 442 g/mol. The molecule has 0 unspecified atom stereocenters. The third-order valence-corrected chi connectivity index (χ3v) is 7.24. The number of halogens is 1. The summed E-state index contributed by atoms with van der Waals surface area (Å²) in [6.45, 7) is 2.01. The lowest BCUT2D eigenvalue weighted by atomic mass is 10.2. The lowest BCUT2D eigenvalue weighted by molar-refractivity contribution is 0.0955. The Balaban J connectivity index is 1.50. The summed E-state index contributed by atoms with van der Waals surface area (Å²) in [6.07, 6.45) is 0. The van der Waals surface area contributed by atoms with E-state index in [0.717, 1.165) is 5.69 Å². The van der Waals surface area contributed by atoms with E-state index in [2.05, 4.69) is 10.2 Å². The maximum absolute atomic E-state index is 12.7. The topological polar surface area (TPSA) is 88.2 Å². The van der Waals surface area contributed by atoms with Crippen LogP contribution < -0.4 is 19.7 Å². The van der Waals surface area contributed by atoms with Gasteiger partial charge in [-0.2, -0.15) is 4.31 Å². The lowest BCUT2D eigenvalue weighted by Gasteiger charge is -2.35. The van der Waals surface area contributed by atoms with E-state index in [1.165, 1.54) is 18.5 Å². The molecule has 10 heteroatoms. The molecule has 0 aromatic heterocycles. The summed E-state index contributed by atoms with van der Waals surface area (Å²) >= 11 is 5.92. The van der Waals surface area contributed by atoms with Gasteiger partial charge in [0.25, 0.3) is 5.91 Å². The molecule has 0 atom stereocenters. The highest BCUT2D eigenvalue weighted by molar-refractivity contribution is 7.89. The molecule has 0 radical (unpaired) electrons. The molecule has 31 heavy (non-hydrogen) atoms. The number of nitrogens with zero attached hydrogens (tertiary/aromatic N) is 2. The number of benzene rings is 2. The average Bonchev–Trinajstić information content (AvgIpc) is 2.79. The molecule has 0 bridgehead atoms. The summed E-state index contributed by atoms with van der Waals surface area (Å²) in [7, 11) is -0.474. The van der Waals surface area contributed by atoms with Crippen LogP contribution in [0.2, 0.25) is 5.02 Å². The van der Waals surface area contributed by atoms with Gasteiger partial charge in [0.15, 0.2) is 11.5 Å². The Hall–Kier alpha value is -2.49. The fourth-order valence-electron chi connectivity index (χ4n) is 3.38. The highest BCUT2D eigenvalue weighted by atomic mass is 35.5. The number of methoxy groups -OCH3 is 2. The Kier molecular flexibility index (Phi) is 7.64. The van der Waals surface area contributed by atoms with Gasteiger partial charge in [-0.1, -0.05) is 11.6 Å². The van der Waals surface area contributed by atoms with Gasteiger partial charge in [-0.05, 0) is 42.5 Å². The first-order valence-electron chi connectivity index (χ1n) is 9.82. The number of nitrogens with one attached hydrogen (secondary N) is 1. The predicted octanol–water partition coefficient (Wildman–Crippen LogP) is 2.24. The standard InChI is InChI=1S/C21H26ClN3O5S/c1-29-19-8-3-16(15-20(19)30-2)21(26)23-9-14-31(27,28)25-12-10-24(11-13-25)18-6-4-17(22)5-7-18/h3-8,15H,9-14H2,1-2H3,(H,23,26). The van der Waals surface area contributed by atoms with Gasteiger partial charge in [-0.15, -0.1) is 0 Å². The Labute approximate surface area is 187 Å². The van der Waals surface area contributed by atoms with E-state index < -0.39 is 10.0 Å². The van der Waals surface area contributed by atoms with E-state index in [4.69, 9.17) is 21.1 Å². The highest BCUT2D eigenvalue weighted by Gasteiger charge is 2.27. The fraction of sp³-hybridized carbons (Fsp3) is 0.381. The van der Waals surface area contributed by atoms with Crippen molar-refractivity contribution in [1.29, 1.82) is 0 Å². The minimum atomic E-state index is -3.47. The first-order valence-corrected chi connectivity index (χ1v) is 11.8. The Morgan fingerprint density at radius 2 is 1.65 bits per heavy atom. The van der Waals surface area contributed by atoms with Gasteiger partial charge in [0.05, 0.1) is 20.0 Å². The van der Waals surface area contributed by atoms with Gasteiger partial charge in [0, 0.05) is 49.0 Å². The number of amides is 1. The number of carbonyl (C=O) groups is 1. The monoisotopic (exact) mass is 467 g/mol. The number of hydrogen-bond donors (Lipinski definition) is 1. The molecule has 1 aliphatic heterocycles. The molecule has 0 aliphatic carbocycles. The van der Waals surface area contributed by atoms with Gasteiger partial charge in [0.2, 0.25) is 10.0 Å². The van der Waals surface area contributed by atoms with Gasteiger partial charge in [-0.3, -0.25) is 4.79 Å². The normalized spacial score (nSPS) is 14.9. The molecule has 1 N–H and O–H groups in total. The van der Waals surface area contributed by atoms with E-state index in [0.29, 0.717) is 48.3 Å². The molecule has 3 rings (SSSR count). The molecule has 8 nitrogen and oxygen atoms in total. The smallest absolute Gasteiger partial charge is 0.251 e. The van der Waals surface area contributed by atoms with Crippen LogP contribution in [0.1, 0.15) is 10.4 Å². The Morgan fingerprint density at radius 1 is 1.00 bits per heavy atom. The third kappa shape index (κ3) is 5.81. The van der Waals surface area contributed by atoms with Crippen LogP contribution in [0.5, 0.6) is 11.5 Å². The summed E-state index contributed by atoms with van der Waals surface area (Å²) in [4.78, 5) is 14.5. The van der Waals surface area contributed by atoms with E-state index >= 15 is 0 Å². The molecule has 1 aliphatic rings. The second-order valence-corrected chi connectivity index (χ2v) is 9.53. The van der Waals surface area contributed by atoms with E-state index in [9.17, 15) is 13.2 Å². The van der Waals surface area contributed by atoms with E-state index in [-0.39, 0.29) is 18.2 Å². The highest BCUT2D eigenvalue weighted by Crippen LogP contribution is 2.27. The van der Waals surface area contributed by atoms with Crippen molar-refractivity contribution in [1.82, 2.24) is 9.62 Å². The zero-order valence-electron chi connectivity index (χ0n) is 17.5. The van der Waals surface area contributed by atoms with Crippen molar-refractivity contribution in [3.8, 4) is 11.5 Å². The minimum Gasteiger partial charge on any atom is -0.493 e. The van der Waals surface area contributed by atoms with Crippen LogP contribution in [-0.2, 0) is 10.0 Å². The Morgan fingerprint density at radius 3 is 2.26 bits per heavy atom. The van der Waals surface area contributed by atoms with Crippen molar-refractivity contribution < 1.29 is 22.7 Å². The first kappa shape index (κ1) is 23.2. The zero-order valence-corrected chi connectivity index (χ0v) is 19.1. The third-order valence-electron chi connectivity index (χ3n) is 5.12. The molecule has 168 valence electrons. The number of piperazine rings is 1. The summed E-state index contributed by atoms with van der Waals surface area (Å²) < 4.78 is 37.2. The second kappa shape index (κ2) is 10.2. The SMILES string of the molecule is COc1ccc(C(=O)NCCS(=O)(=O)N2CCN(c3ccc(Cl)cc3)CC2)cc1OC. The van der Waals surface area contributed by atoms with Crippen molar-refractivity contribution >= 4 is 33.2 Å². The van der Waals surface area contributed by atoms with Gasteiger partial charge < -0.3 is 19.7 Å². The Bertz CT molecular complexity index is 1010. The minimum absolute atomic E-state index is 0.0207. The first-order chi connectivity index (χ1) is 14.8. The van der Waals surface area contributed by atoms with Gasteiger partial charge in [0.1, 0.15) is 0 Å². The molecule has 0 spiro atoms. The molecule has 1 fully saturated rings. The van der Waals surface area contributed by atoms with Crippen LogP contribution in [0.4, 0.5) is 5.69 Å². The van der Waals surface area contributed by atoms with Crippen LogP contribution in [0, 0.1) is 0 Å². The van der Waals surface area contributed by atoms with Crippen molar-refractivity contribution in [2.45, 2.75) is 0 Å². The zero-order chi connectivity index (χ0) is 22.4. The maximum Gasteiger partial charge on any atom is 0.251 e. The van der Waals surface area contributed by atoms with Crippen molar-refractivity contribution in [3.05, 3.63) is 53.1 Å². The average molecular weight is 468 g/mol. The van der Waals surface area contributed by atoms with Crippen molar-refractivity contribution in [2.75, 3.05) is 57.6 Å². The molecular formula is C21H26ClN3O5S. The van der Waals surface area contributed by atoms with E-state index in [1.807, 2.05) is 24.3 Å². The number of rotatable bonds is 8. The summed E-state index contributed by atoms with van der Waals surface area (Å²) in [5.74, 6) is 0.414. The summed E-state index contributed by atoms with van der Waals surface area (Å²) in [5, 5.41) is 3.33. The van der Waals surface area contributed by atoms with Crippen molar-refractivity contribution in [2.24, 2.45) is 0 Å². The molecule has 1 saturated heterocycles. The summed E-state index contributed by atoms with van der Waals surface area (Å²) in [6, 6.07) is 12.3. The maximum atomic E-state index is 12.7. The predicted molar refractivity (Wildman–Crippen MR) is 121 cm³/mol. The fourth-order valence-corrected chi connectivity index (χ4v) is 4.84. The summed E-state index contributed by atoms with van der Waals surface area (Å²) in [5.41, 5.74) is 1.38. The number of carbonyl (C=O) groups excluding carboxylic acids is 1. The van der Waals surface area contributed by atoms with E-state index in [1.54, 1.807) is 18.2 Å². The molecule has 1 amide bonds. The van der Waals surface area contributed by atoms with Crippen LogP contribution in [0.15, 0.2) is 42.5 Å². The number of anilines is 1. The van der Waals surface area contributed by atoms with Crippen LogP contribution in [-0.4, -0.2) is 71.3 Å². The molecule has 1 heterocycles. The molecule has 2 aromatic carbocycles. The number of hydrogen-bond acceptors (Lipinski definition) is 6. The van der Waals surface area contributed by atoms with Gasteiger partial charge in [-0.25, -0.2) is 8.42 Å². The van der Waals surface area contributed by atoms with Crippen LogP contribution >= 0.6 is 11.6 Å². The number of ether oxygens (including phenoxy) is 2. The number of sulfonamides is 1. The molecule has 0 saturated carbocycles. The van der Waals surface area contributed by atoms with Crippen molar-refractivity contribution in [3.63, 3.8) is 0 Å². The second-order valence-electron chi connectivity index (χ2n) is 7.00. The van der Waals surface area contributed by atoms with Crippen LogP contribution in [0.3, 0.4) is 0 Å². The van der Waals surface area contributed by atoms with Crippen LogP contribution in [0.25, 0.3) is 0 Å². The quantitative estimate of drug-likeness (QED) is 0.640. The van der Waals surface area contributed by atoms with Gasteiger partial charge >= 0.3 is 0 Å². The largest absolute Gasteiger partial charge is 0.493 e.